The summed E-state index contributed by atoms with van der Waals surface area (Å²) in [6.45, 7) is 3.25. The number of anilines is 2. The standard InChI is InChI=1S/C31H33N5O3/c1-21-26(5-2-18-32-21)31(39)36-20-4-7-28(36)30(38)35-25-16-12-23(13-17-25)9-8-22-10-14-24(15-11-22)34-29(37)27-6-3-19-33-27/h2,5,8-18,27-28,33H,3-4,6-7,19-20H2,1H3,(H,34,37)(H,35,38)/b9-8+/t27-,28-/m0/s1. The third kappa shape index (κ3) is 6.41. The molecule has 2 atom stereocenters. The van der Waals surface area contributed by atoms with Gasteiger partial charge >= 0.3 is 0 Å². The molecule has 0 spiro atoms. The number of benzene rings is 2. The van der Waals surface area contributed by atoms with E-state index in [9.17, 15) is 14.4 Å². The van der Waals surface area contributed by atoms with Crippen molar-refractivity contribution in [2.75, 3.05) is 23.7 Å². The lowest BCUT2D eigenvalue weighted by Crippen LogP contribution is -2.43. The van der Waals surface area contributed by atoms with Crippen molar-refractivity contribution in [3.63, 3.8) is 0 Å². The summed E-state index contributed by atoms with van der Waals surface area (Å²) < 4.78 is 0. The van der Waals surface area contributed by atoms with E-state index in [2.05, 4.69) is 20.9 Å². The van der Waals surface area contributed by atoms with Crippen LogP contribution in [0.4, 0.5) is 11.4 Å². The molecule has 1 aromatic heterocycles. The Bertz CT molecular complexity index is 1360. The zero-order valence-electron chi connectivity index (χ0n) is 22.0. The van der Waals surface area contributed by atoms with Crippen LogP contribution in [0.1, 0.15) is 52.9 Å². The normalized spacial score (nSPS) is 18.8. The van der Waals surface area contributed by atoms with Crippen LogP contribution < -0.4 is 16.0 Å². The smallest absolute Gasteiger partial charge is 0.256 e. The number of rotatable bonds is 7. The molecule has 0 radical (unpaired) electrons. The van der Waals surface area contributed by atoms with Gasteiger partial charge in [0.05, 0.1) is 11.6 Å². The van der Waals surface area contributed by atoms with Crippen LogP contribution in [0.5, 0.6) is 0 Å². The van der Waals surface area contributed by atoms with Crippen LogP contribution in [0, 0.1) is 6.92 Å². The highest BCUT2D eigenvalue weighted by Gasteiger charge is 2.35. The first kappa shape index (κ1) is 26.3. The summed E-state index contributed by atoms with van der Waals surface area (Å²) in [6, 6.07) is 18.2. The first-order valence-corrected chi connectivity index (χ1v) is 13.4. The van der Waals surface area contributed by atoms with Gasteiger partial charge in [-0.2, -0.15) is 0 Å². The molecule has 3 heterocycles. The third-order valence-corrected chi connectivity index (χ3v) is 7.26. The van der Waals surface area contributed by atoms with E-state index in [4.69, 9.17) is 0 Å². The topological polar surface area (TPSA) is 103 Å². The first-order valence-electron chi connectivity index (χ1n) is 13.4. The molecule has 2 fully saturated rings. The lowest BCUT2D eigenvalue weighted by atomic mass is 10.1. The molecule has 2 saturated heterocycles. The molecule has 0 saturated carbocycles. The van der Waals surface area contributed by atoms with E-state index < -0.39 is 6.04 Å². The molecule has 0 aliphatic carbocycles. The molecule has 2 aliphatic rings. The number of amides is 3. The van der Waals surface area contributed by atoms with Gasteiger partial charge in [-0.1, -0.05) is 36.4 Å². The molecule has 200 valence electrons. The monoisotopic (exact) mass is 523 g/mol. The van der Waals surface area contributed by atoms with Crippen molar-refractivity contribution in [2.24, 2.45) is 0 Å². The van der Waals surface area contributed by atoms with E-state index in [1.807, 2.05) is 60.7 Å². The summed E-state index contributed by atoms with van der Waals surface area (Å²) >= 11 is 0. The maximum Gasteiger partial charge on any atom is 0.256 e. The lowest BCUT2D eigenvalue weighted by Gasteiger charge is -2.24. The Hall–Kier alpha value is -4.30. The number of hydrogen-bond acceptors (Lipinski definition) is 5. The number of aryl methyl sites for hydroxylation is 1. The Balaban J connectivity index is 1.15. The van der Waals surface area contributed by atoms with Gasteiger partial charge in [0, 0.05) is 29.8 Å². The molecule has 39 heavy (non-hydrogen) atoms. The fraction of sp³-hybridized carbons (Fsp3) is 0.290. The van der Waals surface area contributed by atoms with Gasteiger partial charge in [-0.15, -0.1) is 0 Å². The summed E-state index contributed by atoms with van der Waals surface area (Å²) in [7, 11) is 0. The maximum atomic E-state index is 13.1. The second kappa shape index (κ2) is 12.0. The molecular formula is C31H33N5O3. The fourth-order valence-electron chi connectivity index (χ4n) is 5.06. The van der Waals surface area contributed by atoms with E-state index in [1.165, 1.54) is 0 Å². The summed E-state index contributed by atoms with van der Waals surface area (Å²) in [6.07, 6.45) is 8.98. The highest BCUT2D eigenvalue weighted by Crippen LogP contribution is 2.23. The first-order chi connectivity index (χ1) is 19.0. The van der Waals surface area contributed by atoms with Gasteiger partial charge in [0.2, 0.25) is 11.8 Å². The second-order valence-corrected chi connectivity index (χ2v) is 10.00. The Morgan fingerprint density at radius 1 is 0.872 bits per heavy atom. The van der Waals surface area contributed by atoms with Crippen molar-refractivity contribution >= 4 is 41.2 Å². The number of carbonyl (C=O) groups is 3. The minimum Gasteiger partial charge on any atom is -0.327 e. The Morgan fingerprint density at radius 3 is 2.10 bits per heavy atom. The molecule has 8 heteroatoms. The van der Waals surface area contributed by atoms with Gasteiger partial charge in [0.25, 0.3) is 5.91 Å². The SMILES string of the molecule is Cc1ncccc1C(=O)N1CCC[C@H]1C(=O)Nc1ccc(/C=C/c2ccc(NC(=O)[C@@H]3CCCN3)cc2)cc1. The van der Waals surface area contributed by atoms with Gasteiger partial charge in [-0.05, 0) is 86.7 Å². The number of aromatic nitrogens is 1. The molecule has 3 N–H and O–H groups in total. The Morgan fingerprint density at radius 2 is 1.51 bits per heavy atom. The van der Waals surface area contributed by atoms with Gasteiger partial charge in [-0.3, -0.25) is 19.4 Å². The molecule has 0 unspecified atom stereocenters. The zero-order valence-corrected chi connectivity index (χ0v) is 22.0. The van der Waals surface area contributed by atoms with Gasteiger partial charge in [-0.25, -0.2) is 0 Å². The largest absolute Gasteiger partial charge is 0.327 e. The number of carbonyl (C=O) groups excluding carboxylic acids is 3. The van der Waals surface area contributed by atoms with Crippen molar-refractivity contribution in [2.45, 2.75) is 44.7 Å². The Labute approximate surface area is 228 Å². The minimum atomic E-state index is -0.501. The van der Waals surface area contributed by atoms with E-state index in [1.54, 1.807) is 30.2 Å². The van der Waals surface area contributed by atoms with E-state index in [0.717, 1.165) is 42.6 Å². The average Bonchev–Trinajstić information content (AvgIpc) is 3.67. The molecule has 3 aromatic rings. The summed E-state index contributed by atoms with van der Waals surface area (Å²) in [4.78, 5) is 44.2. The lowest BCUT2D eigenvalue weighted by molar-refractivity contribution is -0.120. The van der Waals surface area contributed by atoms with E-state index in [0.29, 0.717) is 29.9 Å². The highest BCUT2D eigenvalue weighted by atomic mass is 16.2. The molecule has 5 rings (SSSR count). The van der Waals surface area contributed by atoms with Crippen LogP contribution in [0.2, 0.25) is 0 Å². The van der Waals surface area contributed by atoms with Crippen LogP contribution in [0.25, 0.3) is 12.2 Å². The van der Waals surface area contributed by atoms with Crippen LogP contribution in [-0.4, -0.2) is 52.8 Å². The molecule has 3 amide bonds. The number of pyridine rings is 1. The summed E-state index contributed by atoms with van der Waals surface area (Å²) in [5.41, 5.74) is 4.67. The predicted molar refractivity (Wildman–Crippen MR) is 153 cm³/mol. The van der Waals surface area contributed by atoms with Crippen molar-refractivity contribution in [3.05, 3.63) is 89.2 Å². The van der Waals surface area contributed by atoms with Crippen LogP contribution in [0.15, 0.2) is 66.9 Å². The molecular weight excluding hydrogens is 490 g/mol. The van der Waals surface area contributed by atoms with Crippen molar-refractivity contribution in [1.29, 1.82) is 0 Å². The number of nitrogens with zero attached hydrogens (tertiary/aromatic N) is 2. The van der Waals surface area contributed by atoms with Crippen LogP contribution >= 0.6 is 0 Å². The number of nitrogens with one attached hydrogen (secondary N) is 3. The van der Waals surface area contributed by atoms with Gasteiger partial charge < -0.3 is 20.9 Å². The van der Waals surface area contributed by atoms with E-state index >= 15 is 0 Å². The van der Waals surface area contributed by atoms with Crippen molar-refractivity contribution < 1.29 is 14.4 Å². The summed E-state index contributed by atoms with van der Waals surface area (Å²) in [5, 5.41) is 9.13. The predicted octanol–water partition coefficient (Wildman–Crippen LogP) is 4.49. The molecule has 2 aromatic carbocycles. The number of likely N-dealkylation sites (tertiary alicyclic amines) is 1. The Kier molecular flexibility index (Phi) is 8.13. The zero-order chi connectivity index (χ0) is 27.2. The van der Waals surface area contributed by atoms with Gasteiger partial charge in [0.1, 0.15) is 6.04 Å². The van der Waals surface area contributed by atoms with Crippen LogP contribution in [-0.2, 0) is 9.59 Å². The maximum absolute atomic E-state index is 13.1. The van der Waals surface area contributed by atoms with Crippen molar-refractivity contribution in [1.82, 2.24) is 15.2 Å². The van der Waals surface area contributed by atoms with Crippen LogP contribution in [0.3, 0.4) is 0 Å². The van der Waals surface area contributed by atoms with Crippen molar-refractivity contribution in [3.8, 4) is 0 Å². The van der Waals surface area contributed by atoms with Gasteiger partial charge in [0.15, 0.2) is 0 Å². The third-order valence-electron chi connectivity index (χ3n) is 7.26. The van der Waals surface area contributed by atoms with E-state index in [-0.39, 0.29) is 23.8 Å². The average molecular weight is 524 g/mol. The molecule has 0 bridgehead atoms. The number of hydrogen-bond donors (Lipinski definition) is 3. The second-order valence-electron chi connectivity index (χ2n) is 10.00. The molecule has 8 nitrogen and oxygen atoms in total. The quantitative estimate of drug-likeness (QED) is 0.396. The summed E-state index contributed by atoms with van der Waals surface area (Å²) in [5.74, 6) is -0.319. The minimum absolute atomic E-state index is 0.0128. The molecule has 2 aliphatic heterocycles. The highest BCUT2D eigenvalue weighted by molar-refractivity contribution is 6.02. The fourth-order valence-corrected chi connectivity index (χ4v) is 5.06.